The molecule has 1 amide bonds. The lowest BCUT2D eigenvalue weighted by Gasteiger charge is -2.10. The summed E-state index contributed by atoms with van der Waals surface area (Å²) >= 11 is 9.86. The van der Waals surface area contributed by atoms with Crippen LogP contribution in [0.1, 0.15) is 40.2 Å². The Labute approximate surface area is 223 Å². The van der Waals surface area contributed by atoms with Gasteiger partial charge in [-0.2, -0.15) is 0 Å². The number of halogens is 2. The van der Waals surface area contributed by atoms with E-state index in [1.54, 1.807) is 18.2 Å². The van der Waals surface area contributed by atoms with E-state index in [0.717, 1.165) is 39.8 Å². The van der Waals surface area contributed by atoms with Crippen LogP contribution in [0.2, 0.25) is 5.02 Å². The number of amides is 1. The molecule has 0 saturated heterocycles. The highest BCUT2D eigenvalue weighted by atomic mass is 79.9. The molecular formula is C26H24BrClN4O3S. The molecule has 1 aromatic heterocycles. The van der Waals surface area contributed by atoms with E-state index in [1.165, 1.54) is 0 Å². The SMILES string of the molecule is Cn1c(Cc2cc(CNS(=O)(=O)C3CC3)ccc2Cl)nc2cc(C(=O)Nc3ccc(Br)cc3)ccc21. The number of aryl methyl sites for hydroxylation is 1. The maximum Gasteiger partial charge on any atom is 0.255 e. The van der Waals surface area contributed by atoms with Gasteiger partial charge in [0.1, 0.15) is 5.82 Å². The fourth-order valence-corrected chi connectivity index (χ4v) is 5.82. The molecule has 0 spiro atoms. The summed E-state index contributed by atoms with van der Waals surface area (Å²) in [5.41, 5.74) is 4.52. The number of benzene rings is 3. The van der Waals surface area contributed by atoms with Gasteiger partial charge < -0.3 is 9.88 Å². The molecule has 10 heteroatoms. The van der Waals surface area contributed by atoms with Crippen LogP contribution in [0.4, 0.5) is 5.69 Å². The number of anilines is 1. The van der Waals surface area contributed by atoms with E-state index in [2.05, 4.69) is 26.0 Å². The van der Waals surface area contributed by atoms with E-state index in [1.807, 2.05) is 54.1 Å². The third-order valence-corrected chi connectivity index (χ3v) is 9.03. The first-order chi connectivity index (χ1) is 17.2. The van der Waals surface area contributed by atoms with Crippen LogP contribution in [-0.2, 0) is 30.0 Å². The standard InChI is InChI=1S/C26H24BrClN4O3S/c1-32-24-11-3-17(26(33)30-20-6-4-19(27)5-7-20)13-23(24)31-25(32)14-18-12-16(2-10-22(18)28)15-29-36(34,35)21-8-9-21/h2-7,10-13,21,29H,8-9,14-15H2,1H3,(H,30,33). The first-order valence-electron chi connectivity index (χ1n) is 11.5. The Morgan fingerprint density at radius 3 is 2.58 bits per heavy atom. The number of nitrogens with one attached hydrogen (secondary N) is 2. The number of fused-ring (bicyclic) bond motifs is 1. The Hall–Kier alpha value is -2.72. The second-order valence-electron chi connectivity index (χ2n) is 8.92. The van der Waals surface area contributed by atoms with E-state index in [0.29, 0.717) is 28.2 Å². The van der Waals surface area contributed by atoms with Crippen molar-refractivity contribution in [3.8, 4) is 0 Å². The number of hydrogen-bond donors (Lipinski definition) is 2. The predicted octanol–water partition coefficient (Wildman–Crippen LogP) is 5.41. The van der Waals surface area contributed by atoms with Gasteiger partial charge in [0.05, 0.1) is 16.3 Å². The molecule has 0 bridgehead atoms. The number of sulfonamides is 1. The van der Waals surface area contributed by atoms with Crippen molar-refractivity contribution in [2.45, 2.75) is 31.1 Å². The number of hydrogen-bond acceptors (Lipinski definition) is 4. The molecule has 3 aromatic carbocycles. The summed E-state index contributed by atoms with van der Waals surface area (Å²) in [7, 11) is -1.33. The summed E-state index contributed by atoms with van der Waals surface area (Å²) in [5.74, 6) is 0.573. The summed E-state index contributed by atoms with van der Waals surface area (Å²) in [6, 6.07) is 18.3. The number of nitrogens with zero attached hydrogens (tertiary/aromatic N) is 2. The predicted molar refractivity (Wildman–Crippen MR) is 146 cm³/mol. The van der Waals surface area contributed by atoms with E-state index < -0.39 is 10.0 Å². The highest BCUT2D eigenvalue weighted by Crippen LogP contribution is 2.28. The van der Waals surface area contributed by atoms with Gasteiger partial charge >= 0.3 is 0 Å². The second-order valence-corrected chi connectivity index (χ2v) is 12.3. The summed E-state index contributed by atoms with van der Waals surface area (Å²) in [6.07, 6.45) is 1.91. The summed E-state index contributed by atoms with van der Waals surface area (Å²) < 4.78 is 29.9. The number of carbonyl (C=O) groups excluding carboxylic acids is 1. The number of rotatable bonds is 8. The van der Waals surface area contributed by atoms with Crippen LogP contribution < -0.4 is 10.0 Å². The lowest BCUT2D eigenvalue weighted by molar-refractivity contribution is 0.102. The van der Waals surface area contributed by atoms with Gasteiger partial charge in [-0.05, 0) is 72.5 Å². The highest BCUT2D eigenvalue weighted by Gasteiger charge is 2.35. The van der Waals surface area contributed by atoms with Gasteiger partial charge in [0.2, 0.25) is 10.0 Å². The minimum absolute atomic E-state index is 0.212. The summed E-state index contributed by atoms with van der Waals surface area (Å²) in [4.78, 5) is 17.5. The molecule has 36 heavy (non-hydrogen) atoms. The lowest BCUT2D eigenvalue weighted by Crippen LogP contribution is -2.26. The third-order valence-electron chi connectivity index (χ3n) is 6.24. The van der Waals surface area contributed by atoms with Gasteiger partial charge in [-0.15, -0.1) is 0 Å². The zero-order valence-electron chi connectivity index (χ0n) is 19.5. The smallest absolute Gasteiger partial charge is 0.255 e. The molecule has 1 heterocycles. The van der Waals surface area contributed by atoms with E-state index in [-0.39, 0.29) is 17.7 Å². The number of aromatic nitrogens is 2. The monoisotopic (exact) mass is 586 g/mol. The van der Waals surface area contributed by atoms with Crippen molar-refractivity contribution in [2.75, 3.05) is 5.32 Å². The second kappa shape index (κ2) is 9.97. The highest BCUT2D eigenvalue weighted by molar-refractivity contribution is 9.10. The molecule has 1 aliphatic rings. The van der Waals surface area contributed by atoms with Crippen molar-refractivity contribution in [1.29, 1.82) is 0 Å². The van der Waals surface area contributed by atoms with Crippen molar-refractivity contribution in [3.63, 3.8) is 0 Å². The van der Waals surface area contributed by atoms with E-state index >= 15 is 0 Å². The normalized spacial score (nSPS) is 13.8. The Kier molecular flexibility index (Phi) is 6.91. The van der Waals surface area contributed by atoms with Gasteiger partial charge in [-0.25, -0.2) is 18.1 Å². The molecular weight excluding hydrogens is 564 g/mol. The van der Waals surface area contributed by atoms with Gasteiger partial charge in [0.15, 0.2) is 0 Å². The van der Waals surface area contributed by atoms with Gasteiger partial charge in [-0.3, -0.25) is 4.79 Å². The maximum absolute atomic E-state index is 12.8. The molecule has 7 nitrogen and oxygen atoms in total. The molecule has 0 unspecified atom stereocenters. The fourth-order valence-electron chi connectivity index (χ4n) is 4.01. The third kappa shape index (κ3) is 5.49. The zero-order chi connectivity index (χ0) is 25.4. The Morgan fingerprint density at radius 2 is 1.86 bits per heavy atom. The molecule has 1 saturated carbocycles. The molecule has 186 valence electrons. The Balaban J connectivity index is 1.34. The minimum Gasteiger partial charge on any atom is -0.331 e. The van der Waals surface area contributed by atoms with Crippen molar-refractivity contribution < 1.29 is 13.2 Å². The topological polar surface area (TPSA) is 93.1 Å². The average molecular weight is 588 g/mol. The van der Waals surface area contributed by atoms with Crippen LogP contribution >= 0.6 is 27.5 Å². The van der Waals surface area contributed by atoms with Crippen LogP contribution in [0.5, 0.6) is 0 Å². The molecule has 0 atom stereocenters. The molecule has 0 radical (unpaired) electrons. The van der Waals surface area contributed by atoms with Crippen LogP contribution in [-0.4, -0.2) is 29.1 Å². The van der Waals surface area contributed by atoms with Crippen molar-refractivity contribution >= 4 is 60.2 Å². The molecule has 0 aliphatic heterocycles. The molecule has 5 rings (SSSR count). The first kappa shape index (κ1) is 25.0. The van der Waals surface area contributed by atoms with Crippen molar-refractivity contribution in [1.82, 2.24) is 14.3 Å². The van der Waals surface area contributed by atoms with Crippen LogP contribution in [0, 0.1) is 0 Å². The first-order valence-corrected chi connectivity index (χ1v) is 14.2. The molecule has 2 N–H and O–H groups in total. The van der Waals surface area contributed by atoms with Crippen LogP contribution in [0.25, 0.3) is 11.0 Å². The average Bonchev–Trinajstić information content (AvgIpc) is 3.67. The minimum atomic E-state index is -3.26. The zero-order valence-corrected chi connectivity index (χ0v) is 22.6. The molecule has 1 aliphatic carbocycles. The summed E-state index contributed by atoms with van der Waals surface area (Å²) in [5, 5.41) is 3.23. The van der Waals surface area contributed by atoms with E-state index in [4.69, 9.17) is 16.6 Å². The Morgan fingerprint density at radius 1 is 1.11 bits per heavy atom. The van der Waals surface area contributed by atoms with Crippen molar-refractivity contribution in [2.24, 2.45) is 7.05 Å². The van der Waals surface area contributed by atoms with Gasteiger partial charge in [-0.1, -0.05) is 39.7 Å². The summed E-state index contributed by atoms with van der Waals surface area (Å²) in [6.45, 7) is 0.225. The number of carbonyl (C=O) groups is 1. The van der Waals surface area contributed by atoms with Crippen LogP contribution in [0.3, 0.4) is 0 Å². The Bertz CT molecular complexity index is 1560. The molecule has 1 fully saturated rings. The van der Waals surface area contributed by atoms with Gasteiger partial charge in [0, 0.05) is 40.8 Å². The van der Waals surface area contributed by atoms with Crippen molar-refractivity contribution in [3.05, 3.63) is 92.7 Å². The lowest BCUT2D eigenvalue weighted by atomic mass is 10.1. The molecule has 4 aromatic rings. The van der Waals surface area contributed by atoms with E-state index in [9.17, 15) is 13.2 Å². The van der Waals surface area contributed by atoms with Crippen LogP contribution in [0.15, 0.2) is 65.1 Å². The quantitative estimate of drug-likeness (QED) is 0.288. The maximum atomic E-state index is 12.8. The number of imidazole rings is 1. The van der Waals surface area contributed by atoms with Gasteiger partial charge in [0.25, 0.3) is 5.91 Å². The fraction of sp³-hybridized carbons (Fsp3) is 0.231. The largest absolute Gasteiger partial charge is 0.331 e.